The Bertz CT molecular complexity index is 932. The number of rotatable bonds is 4. The first-order valence-corrected chi connectivity index (χ1v) is 9.12. The number of Topliss-reactive ketones (excluding diaryl/α,β-unsaturated/α-hetero) is 1. The van der Waals surface area contributed by atoms with Crippen molar-refractivity contribution in [3.63, 3.8) is 0 Å². The molecule has 1 atom stereocenters. The highest BCUT2D eigenvalue weighted by molar-refractivity contribution is 6.00. The molecule has 0 spiro atoms. The smallest absolute Gasteiger partial charge is 0.261 e. The molecule has 2 aromatic rings. The van der Waals surface area contributed by atoms with Crippen LogP contribution in [0.2, 0.25) is 0 Å². The molecule has 0 aliphatic carbocycles. The molecule has 27 heavy (non-hydrogen) atoms. The van der Waals surface area contributed by atoms with Gasteiger partial charge in [-0.15, -0.1) is 0 Å². The van der Waals surface area contributed by atoms with E-state index in [4.69, 9.17) is 4.74 Å². The number of hydrogen-bond acceptors (Lipinski definition) is 4. The lowest BCUT2D eigenvalue weighted by atomic mass is 9.94. The van der Waals surface area contributed by atoms with E-state index in [1.54, 1.807) is 18.9 Å². The zero-order valence-corrected chi connectivity index (χ0v) is 15.9. The Morgan fingerprint density at radius 1 is 1.19 bits per heavy atom. The quantitative estimate of drug-likeness (QED) is 0.840. The number of pyridine rings is 1. The van der Waals surface area contributed by atoms with Crippen molar-refractivity contribution in [3.05, 3.63) is 63.1 Å². The van der Waals surface area contributed by atoms with Crippen LogP contribution in [0.5, 0.6) is 5.75 Å². The van der Waals surface area contributed by atoms with E-state index in [9.17, 15) is 14.4 Å². The third-order valence-electron chi connectivity index (χ3n) is 5.09. The molecule has 1 aliphatic heterocycles. The van der Waals surface area contributed by atoms with E-state index in [1.165, 1.54) is 13.0 Å². The third-order valence-corrected chi connectivity index (χ3v) is 5.09. The van der Waals surface area contributed by atoms with Crippen molar-refractivity contribution in [2.45, 2.75) is 39.2 Å². The first-order chi connectivity index (χ1) is 12.9. The Labute approximate surface area is 158 Å². The number of H-pyrrole nitrogens is 1. The van der Waals surface area contributed by atoms with Gasteiger partial charge in [-0.3, -0.25) is 14.4 Å². The molecule has 3 rings (SSSR count). The molecule has 142 valence electrons. The van der Waals surface area contributed by atoms with Gasteiger partial charge < -0.3 is 14.6 Å². The number of nitrogens with zero attached hydrogens (tertiary/aromatic N) is 1. The summed E-state index contributed by atoms with van der Waals surface area (Å²) < 4.78 is 5.30. The van der Waals surface area contributed by atoms with E-state index in [2.05, 4.69) is 4.98 Å². The average Bonchev–Trinajstić information content (AvgIpc) is 2.67. The summed E-state index contributed by atoms with van der Waals surface area (Å²) in [6, 6.07) is 8.97. The normalized spacial score (nSPS) is 16.9. The van der Waals surface area contributed by atoms with Crippen LogP contribution in [-0.4, -0.2) is 35.2 Å². The van der Waals surface area contributed by atoms with Crippen molar-refractivity contribution >= 4 is 11.7 Å². The lowest BCUT2D eigenvalue weighted by Gasteiger charge is -2.36. The highest BCUT2D eigenvalue weighted by atomic mass is 16.5. The zero-order valence-electron chi connectivity index (χ0n) is 15.9. The number of likely N-dealkylation sites (tertiary alicyclic amines) is 1. The molecule has 0 saturated carbocycles. The molecular weight excluding hydrogens is 344 g/mol. The topological polar surface area (TPSA) is 79.5 Å². The van der Waals surface area contributed by atoms with Crippen LogP contribution < -0.4 is 10.3 Å². The molecule has 1 amide bonds. The van der Waals surface area contributed by atoms with Crippen molar-refractivity contribution < 1.29 is 14.3 Å². The molecule has 0 bridgehead atoms. The molecule has 1 saturated heterocycles. The van der Waals surface area contributed by atoms with Crippen molar-refractivity contribution in [3.8, 4) is 5.75 Å². The SMILES string of the molecule is COc1cccc(C2CCCCN2C(=O)c2cc(C(C)=O)c(C)[nH]c2=O)c1. The maximum absolute atomic E-state index is 13.2. The van der Waals surface area contributed by atoms with Crippen molar-refractivity contribution in [2.24, 2.45) is 0 Å². The maximum atomic E-state index is 13.2. The Hall–Kier alpha value is -2.89. The van der Waals surface area contributed by atoms with E-state index in [1.807, 2.05) is 24.3 Å². The van der Waals surface area contributed by atoms with Gasteiger partial charge in [0.1, 0.15) is 11.3 Å². The second-order valence-electron chi connectivity index (χ2n) is 6.89. The van der Waals surface area contributed by atoms with Crippen molar-refractivity contribution in [1.29, 1.82) is 0 Å². The second kappa shape index (κ2) is 7.78. The van der Waals surface area contributed by atoms with Crippen LogP contribution in [0.3, 0.4) is 0 Å². The number of hydrogen-bond donors (Lipinski definition) is 1. The number of piperidine rings is 1. The predicted molar refractivity (Wildman–Crippen MR) is 102 cm³/mol. The number of methoxy groups -OCH3 is 1. The van der Waals surface area contributed by atoms with Crippen LogP contribution in [0.4, 0.5) is 0 Å². The van der Waals surface area contributed by atoms with Gasteiger partial charge in [0.2, 0.25) is 0 Å². The lowest BCUT2D eigenvalue weighted by molar-refractivity contribution is 0.0609. The molecular formula is C21H24N2O4. The molecule has 6 nitrogen and oxygen atoms in total. The van der Waals surface area contributed by atoms with Gasteiger partial charge in [-0.2, -0.15) is 0 Å². The predicted octanol–water partition coefficient (Wildman–Crippen LogP) is 3.26. The van der Waals surface area contributed by atoms with Gasteiger partial charge in [0.05, 0.1) is 13.2 Å². The van der Waals surface area contributed by atoms with Gasteiger partial charge >= 0.3 is 0 Å². The molecule has 1 aromatic heterocycles. The molecule has 0 radical (unpaired) electrons. The van der Waals surface area contributed by atoms with E-state index in [-0.39, 0.29) is 23.3 Å². The second-order valence-corrected chi connectivity index (χ2v) is 6.89. The first kappa shape index (κ1) is 18.9. The monoisotopic (exact) mass is 368 g/mol. The fourth-order valence-corrected chi connectivity index (χ4v) is 3.67. The van der Waals surface area contributed by atoms with E-state index < -0.39 is 5.56 Å². The zero-order chi connectivity index (χ0) is 19.6. The molecule has 1 aliphatic rings. The minimum atomic E-state index is -0.461. The number of ether oxygens (including phenoxy) is 1. The number of carbonyl (C=O) groups excluding carboxylic acids is 2. The van der Waals surface area contributed by atoms with Gasteiger partial charge in [0, 0.05) is 17.8 Å². The number of amides is 1. The van der Waals surface area contributed by atoms with E-state index >= 15 is 0 Å². The molecule has 6 heteroatoms. The molecule has 2 heterocycles. The average molecular weight is 368 g/mol. The number of ketones is 1. The Morgan fingerprint density at radius 3 is 2.67 bits per heavy atom. The number of aryl methyl sites for hydroxylation is 1. The summed E-state index contributed by atoms with van der Waals surface area (Å²) in [7, 11) is 1.61. The summed E-state index contributed by atoms with van der Waals surface area (Å²) in [5.41, 5.74) is 1.38. The fraction of sp³-hybridized carbons (Fsp3) is 0.381. The third kappa shape index (κ3) is 3.79. The highest BCUT2D eigenvalue weighted by Gasteiger charge is 2.30. The number of carbonyl (C=O) groups is 2. The van der Waals surface area contributed by atoms with Gasteiger partial charge in [-0.1, -0.05) is 12.1 Å². The van der Waals surface area contributed by atoms with Crippen LogP contribution in [-0.2, 0) is 0 Å². The molecule has 1 unspecified atom stereocenters. The minimum absolute atomic E-state index is 0.0144. The van der Waals surface area contributed by atoms with Crippen LogP contribution in [0.25, 0.3) is 0 Å². The number of aromatic nitrogens is 1. The Balaban J connectivity index is 2.00. The van der Waals surface area contributed by atoms with Crippen LogP contribution in [0, 0.1) is 6.92 Å². The van der Waals surface area contributed by atoms with Gasteiger partial charge in [0.25, 0.3) is 11.5 Å². The summed E-state index contributed by atoms with van der Waals surface area (Å²) >= 11 is 0. The van der Waals surface area contributed by atoms with Gasteiger partial charge in [-0.25, -0.2) is 0 Å². The summed E-state index contributed by atoms with van der Waals surface area (Å²) in [5, 5.41) is 0. The lowest BCUT2D eigenvalue weighted by Crippen LogP contribution is -2.41. The number of aromatic amines is 1. The van der Waals surface area contributed by atoms with Crippen LogP contribution >= 0.6 is 0 Å². The summed E-state index contributed by atoms with van der Waals surface area (Å²) in [4.78, 5) is 41.8. The largest absolute Gasteiger partial charge is 0.497 e. The van der Waals surface area contributed by atoms with E-state index in [0.717, 1.165) is 30.6 Å². The summed E-state index contributed by atoms with van der Waals surface area (Å²) in [6.07, 6.45) is 2.71. The fourth-order valence-electron chi connectivity index (χ4n) is 3.67. The molecule has 1 aromatic carbocycles. The Kier molecular flexibility index (Phi) is 5.44. The molecule has 1 N–H and O–H groups in total. The Morgan fingerprint density at radius 2 is 1.96 bits per heavy atom. The summed E-state index contributed by atoms with van der Waals surface area (Å²) in [5.74, 6) is 0.213. The van der Waals surface area contributed by atoms with Gasteiger partial charge in [-0.05, 0) is 56.9 Å². The standard InChI is InChI=1S/C21H24N2O4/c1-13-17(14(2)24)12-18(20(25)22-13)21(26)23-10-5-4-9-19(23)15-7-6-8-16(11-15)27-3/h6-8,11-12,19H,4-5,9-10H2,1-3H3,(H,22,25). The first-order valence-electron chi connectivity index (χ1n) is 9.12. The van der Waals surface area contributed by atoms with Crippen LogP contribution in [0.1, 0.15) is 64.2 Å². The maximum Gasteiger partial charge on any atom is 0.261 e. The summed E-state index contributed by atoms with van der Waals surface area (Å²) in [6.45, 7) is 3.66. The van der Waals surface area contributed by atoms with Crippen LogP contribution in [0.15, 0.2) is 35.1 Å². The molecule has 1 fully saturated rings. The van der Waals surface area contributed by atoms with E-state index in [0.29, 0.717) is 17.8 Å². The number of nitrogens with one attached hydrogen (secondary N) is 1. The highest BCUT2D eigenvalue weighted by Crippen LogP contribution is 2.33. The van der Waals surface area contributed by atoms with Crippen molar-refractivity contribution in [1.82, 2.24) is 9.88 Å². The minimum Gasteiger partial charge on any atom is -0.497 e. The number of benzene rings is 1. The van der Waals surface area contributed by atoms with Gasteiger partial charge in [0.15, 0.2) is 5.78 Å². The van der Waals surface area contributed by atoms with Crippen molar-refractivity contribution in [2.75, 3.05) is 13.7 Å².